The molecule has 3 nitrogen and oxygen atoms in total. The molecule has 0 unspecified atom stereocenters. The van der Waals surface area contributed by atoms with E-state index in [4.69, 9.17) is 5.73 Å². The first kappa shape index (κ1) is 11.5. The molecule has 0 fully saturated rings. The molecule has 2 N–H and O–H groups in total. The predicted molar refractivity (Wildman–Crippen MR) is 71.5 cm³/mol. The van der Waals surface area contributed by atoms with Crippen LogP contribution in [0.4, 0.5) is 5.82 Å². The first-order valence-electron chi connectivity index (χ1n) is 4.93. The molecule has 0 spiro atoms. The standard InChI is InChI=1S/C11H12BrN3S/c1-6(2)9-10(14-5-15-11(9)13)7-3-16-4-8(7)12/h3-6H,1-2H3,(H2,13,14,15). The van der Waals surface area contributed by atoms with Gasteiger partial charge >= 0.3 is 0 Å². The van der Waals surface area contributed by atoms with E-state index in [1.165, 1.54) is 6.33 Å². The minimum absolute atomic E-state index is 0.308. The van der Waals surface area contributed by atoms with Crippen molar-refractivity contribution in [1.29, 1.82) is 0 Å². The fourth-order valence-electron chi connectivity index (χ4n) is 1.64. The van der Waals surface area contributed by atoms with E-state index in [9.17, 15) is 0 Å². The van der Waals surface area contributed by atoms with Crippen LogP contribution in [0.15, 0.2) is 21.6 Å². The summed E-state index contributed by atoms with van der Waals surface area (Å²) in [5.74, 6) is 0.876. The van der Waals surface area contributed by atoms with Crippen LogP contribution in [-0.4, -0.2) is 9.97 Å². The van der Waals surface area contributed by atoms with Crippen molar-refractivity contribution in [2.75, 3.05) is 5.73 Å². The third-order valence-electron chi connectivity index (χ3n) is 2.36. The summed E-state index contributed by atoms with van der Waals surface area (Å²) in [5, 5.41) is 4.11. The fourth-order valence-corrected chi connectivity index (χ4v) is 3.11. The number of thiophene rings is 1. The van der Waals surface area contributed by atoms with Gasteiger partial charge in [0.2, 0.25) is 0 Å². The predicted octanol–water partition coefficient (Wildman–Crippen LogP) is 3.67. The Bertz CT molecular complexity index is 508. The minimum atomic E-state index is 0.308. The van der Waals surface area contributed by atoms with Gasteiger partial charge in [0.15, 0.2) is 0 Å². The summed E-state index contributed by atoms with van der Waals surface area (Å²) in [6, 6.07) is 0. The molecule has 0 saturated heterocycles. The summed E-state index contributed by atoms with van der Waals surface area (Å²) >= 11 is 5.16. The van der Waals surface area contributed by atoms with E-state index in [1.807, 2.05) is 5.38 Å². The summed E-state index contributed by atoms with van der Waals surface area (Å²) in [6.07, 6.45) is 1.51. The molecule has 0 radical (unpaired) electrons. The molecule has 0 saturated carbocycles. The Labute approximate surface area is 107 Å². The van der Waals surface area contributed by atoms with Gasteiger partial charge in [-0.05, 0) is 21.8 Å². The number of hydrogen-bond donors (Lipinski definition) is 1. The number of aromatic nitrogens is 2. The van der Waals surface area contributed by atoms with Crippen LogP contribution in [0.3, 0.4) is 0 Å². The zero-order valence-corrected chi connectivity index (χ0v) is 11.5. The maximum Gasteiger partial charge on any atom is 0.130 e. The molecule has 2 aromatic heterocycles. The van der Waals surface area contributed by atoms with Crippen molar-refractivity contribution >= 4 is 33.1 Å². The third-order valence-corrected chi connectivity index (χ3v) is 4.06. The molecule has 16 heavy (non-hydrogen) atoms. The monoisotopic (exact) mass is 297 g/mol. The van der Waals surface area contributed by atoms with Gasteiger partial charge in [-0.1, -0.05) is 13.8 Å². The Morgan fingerprint density at radius 3 is 2.62 bits per heavy atom. The zero-order chi connectivity index (χ0) is 11.7. The smallest absolute Gasteiger partial charge is 0.130 e. The number of nitrogens with two attached hydrogens (primary N) is 1. The fraction of sp³-hybridized carbons (Fsp3) is 0.273. The second-order valence-corrected chi connectivity index (χ2v) is 5.41. The van der Waals surface area contributed by atoms with E-state index >= 15 is 0 Å². The summed E-state index contributed by atoms with van der Waals surface area (Å²) in [4.78, 5) is 8.40. The van der Waals surface area contributed by atoms with Crippen LogP contribution in [-0.2, 0) is 0 Å². The van der Waals surface area contributed by atoms with Crippen LogP contribution in [0.5, 0.6) is 0 Å². The van der Waals surface area contributed by atoms with Crippen molar-refractivity contribution < 1.29 is 0 Å². The number of hydrogen-bond acceptors (Lipinski definition) is 4. The zero-order valence-electron chi connectivity index (χ0n) is 9.07. The van der Waals surface area contributed by atoms with Gasteiger partial charge in [0.05, 0.1) is 5.69 Å². The molecule has 0 aliphatic heterocycles. The Hall–Kier alpha value is -0.940. The molecule has 2 rings (SSSR count). The van der Waals surface area contributed by atoms with Crippen molar-refractivity contribution in [2.24, 2.45) is 0 Å². The Kier molecular flexibility index (Phi) is 3.25. The Morgan fingerprint density at radius 1 is 1.31 bits per heavy atom. The molecule has 0 aliphatic carbocycles. The lowest BCUT2D eigenvalue weighted by Crippen LogP contribution is -2.03. The van der Waals surface area contributed by atoms with E-state index < -0.39 is 0 Å². The van der Waals surface area contributed by atoms with Crippen molar-refractivity contribution in [3.8, 4) is 11.3 Å². The molecule has 2 heterocycles. The second kappa shape index (κ2) is 4.51. The van der Waals surface area contributed by atoms with Crippen LogP contribution in [0.2, 0.25) is 0 Å². The lowest BCUT2D eigenvalue weighted by Gasteiger charge is -2.12. The average Bonchev–Trinajstić information content (AvgIpc) is 2.63. The molecule has 84 valence electrons. The molecular weight excluding hydrogens is 286 g/mol. The lowest BCUT2D eigenvalue weighted by atomic mass is 9.99. The normalized spacial score (nSPS) is 11.0. The van der Waals surface area contributed by atoms with Gasteiger partial charge in [0, 0.05) is 26.4 Å². The molecule has 2 aromatic rings. The topological polar surface area (TPSA) is 51.8 Å². The molecule has 0 bridgehead atoms. The van der Waals surface area contributed by atoms with Crippen molar-refractivity contribution in [2.45, 2.75) is 19.8 Å². The lowest BCUT2D eigenvalue weighted by molar-refractivity contribution is 0.854. The highest BCUT2D eigenvalue weighted by atomic mass is 79.9. The Morgan fingerprint density at radius 2 is 2.06 bits per heavy atom. The molecule has 0 aliphatic rings. The van der Waals surface area contributed by atoms with E-state index in [-0.39, 0.29) is 0 Å². The summed E-state index contributed by atoms with van der Waals surface area (Å²) in [6.45, 7) is 4.19. The number of nitrogens with zero attached hydrogens (tertiary/aromatic N) is 2. The first-order valence-corrected chi connectivity index (χ1v) is 6.67. The van der Waals surface area contributed by atoms with Gasteiger partial charge in [-0.25, -0.2) is 9.97 Å². The summed E-state index contributed by atoms with van der Waals surface area (Å²) < 4.78 is 1.05. The maximum atomic E-state index is 5.92. The van der Waals surface area contributed by atoms with Gasteiger partial charge in [-0.15, -0.1) is 0 Å². The van der Waals surface area contributed by atoms with E-state index in [0.717, 1.165) is 21.3 Å². The van der Waals surface area contributed by atoms with Gasteiger partial charge in [0.1, 0.15) is 12.1 Å². The van der Waals surface area contributed by atoms with Gasteiger partial charge in [-0.3, -0.25) is 0 Å². The summed E-state index contributed by atoms with van der Waals surface area (Å²) in [7, 11) is 0. The number of anilines is 1. The quantitative estimate of drug-likeness (QED) is 0.920. The van der Waals surface area contributed by atoms with Crippen LogP contribution >= 0.6 is 27.3 Å². The van der Waals surface area contributed by atoms with Crippen LogP contribution in [0.1, 0.15) is 25.3 Å². The highest BCUT2D eigenvalue weighted by Crippen LogP contribution is 2.36. The minimum Gasteiger partial charge on any atom is -0.383 e. The average molecular weight is 298 g/mol. The van der Waals surface area contributed by atoms with Crippen molar-refractivity contribution in [3.05, 3.63) is 27.1 Å². The number of halogens is 1. The number of nitrogen functional groups attached to an aromatic ring is 1. The van der Waals surface area contributed by atoms with Crippen LogP contribution in [0.25, 0.3) is 11.3 Å². The highest BCUT2D eigenvalue weighted by molar-refractivity contribution is 9.10. The van der Waals surface area contributed by atoms with Gasteiger partial charge < -0.3 is 5.73 Å². The summed E-state index contributed by atoms with van der Waals surface area (Å²) in [5.41, 5.74) is 8.94. The van der Waals surface area contributed by atoms with Gasteiger partial charge in [-0.2, -0.15) is 11.3 Å². The molecule has 0 aromatic carbocycles. The Balaban J connectivity index is 2.66. The van der Waals surface area contributed by atoms with Crippen LogP contribution < -0.4 is 5.73 Å². The van der Waals surface area contributed by atoms with E-state index in [2.05, 4.69) is 45.1 Å². The molecule has 5 heteroatoms. The molecular formula is C11H12BrN3S. The third kappa shape index (κ3) is 1.97. The van der Waals surface area contributed by atoms with Crippen molar-refractivity contribution in [1.82, 2.24) is 9.97 Å². The maximum absolute atomic E-state index is 5.92. The van der Waals surface area contributed by atoms with Crippen LogP contribution in [0, 0.1) is 0 Å². The molecule has 0 amide bonds. The van der Waals surface area contributed by atoms with E-state index in [0.29, 0.717) is 11.7 Å². The van der Waals surface area contributed by atoms with Gasteiger partial charge in [0.25, 0.3) is 0 Å². The first-order chi connectivity index (χ1) is 7.61. The highest BCUT2D eigenvalue weighted by Gasteiger charge is 2.16. The van der Waals surface area contributed by atoms with Crippen molar-refractivity contribution in [3.63, 3.8) is 0 Å². The second-order valence-electron chi connectivity index (χ2n) is 3.81. The number of rotatable bonds is 2. The SMILES string of the molecule is CC(C)c1c(N)ncnc1-c1cscc1Br. The molecule has 0 atom stereocenters. The largest absolute Gasteiger partial charge is 0.383 e. The van der Waals surface area contributed by atoms with E-state index in [1.54, 1.807) is 11.3 Å².